The van der Waals surface area contributed by atoms with Gasteiger partial charge in [-0.05, 0) is 54.1 Å². The molecule has 0 saturated heterocycles. The Hall–Kier alpha value is -4.27. The van der Waals surface area contributed by atoms with Crippen LogP contribution in [0.25, 0.3) is 11.1 Å². The SMILES string of the molecule is O=C(Nc1ccc(Oc2ccncc2)cc1)Oc1cc(-c2cccc(C(F)(F)F)c2)c[nH]1. The number of benzene rings is 2. The van der Waals surface area contributed by atoms with Gasteiger partial charge in [-0.2, -0.15) is 13.2 Å². The van der Waals surface area contributed by atoms with E-state index in [0.29, 0.717) is 28.3 Å². The molecular formula is C23H16F3N3O3. The Morgan fingerprint density at radius 1 is 0.906 bits per heavy atom. The maximum Gasteiger partial charge on any atom is 0.418 e. The molecule has 2 aromatic carbocycles. The standard InChI is InChI=1S/C23H16F3N3O3/c24-23(25,26)17-3-1-2-15(12-17)16-13-21(28-14-16)32-22(30)29-18-4-6-19(7-5-18)31-20-8-10-27-11-9-20/h1-14,28H,(H,29,30). The fraction of sp³-hybridized carbons (Fsp3) is 0.0435. The van der Waals surface area contributed by atoms with Crippen molar-refractivity contribution in [2.24, 2.45) is 0 Å². The molecule has 1 amide bonds. The molecule has 9 heteroatoms. The largest absolute Gasteiger partial charge is 0.457 e. The summed E-state index contributed by atoms with van der Waals surface area (Å²) in [5, 5.41) is 2.56. The molecule has 32 heavy (non-hydrogen) atoms. The summed E-state index contributed by atoms with van der Waals surface area (Å²) < 4.78 is 49.5. The maximum absolute atomic E-state index is 12.9. The molecule has 0 bridgehead atoms. The number of alkyl halides is 3. The molecule has 0 aliphatic heterocycles. The van der Waals surface area contributed by atoms with Gasteiger partial charge in [0.2, 0.25) is 5.88 Å². The summed E-state index contributed by atoms with van der Waals surface area (Å²) in [5.41, 5.74) is 0.516. The molecule has 0 aliphatic carbocycles. The van der Waals surface area contributed by atoms with Gasteiger partial charge in [0, 0.05) is 35.9 Å². The third-order valence-electron chi connectivity index (χ3n) is 4.37. The number of H-pyrrole nitrogens is 1. The number of hydrogen-bond acceptors (Lipinski definition) is 4. The van der Waals surface area contributed by atoms with Crippen LogP contribution in [0.3, 0.4) is 0 Å². The zero-order valence-corrected chi connectivity index (χ0v) is 16.4. The first-order valence-corrected chi connectivity index (χ1v) is 9.40. The lowest BCUT2D eigenvalue weighted by atomic mass is 10.1. The minimum Gasteiger partial charge on any atom is -0.457 e. The van der Waals surface area contributed by atoms with E-state index in [2.05, 4.69) is 15.3 Å². The highest BCUT2D eigenvalue weighted by Crippen LogP contribution is 2.33. The average Bonchev–Trinajstić information content (AvgIpc) is 3.24. The maximum atomic E-state index is 12.9. The summed E-state index contributed by atoms with van der Waals surface area (Å²) in [6.07, 6.45) is -0.515. The Bertz CT molecular complexity index is 1210. The number of nitrogens with zero attached hydrogens (tertiary/aromatic N) is 1. The van der Waals surface area contributed by atoms with Gasteiger partial charge in [0.1, 0.15) is 11.5 Å². The predicted octanol–water partition coefficient (Wildman–Crippen LogP) is 6.50. The number of hydrogen-bond donors (Lipinski definition) is 2. The van der Waals surface area contributed by atoms with Crippen LogP contribution in [0.5, 0.6) is 17.4 Å². The van der Waals surface area contributed by atoms with E-state index in [9.17, 15) is 18.0 Å². The second-order valence-corrected chi connectivity index (χ2v) is 6.66. The van der Waals surface area contributed by atoms with E-state index in [1.165, 1.54) is 24.4 Å². The number of rotatable bonds is 5. The lowest BCUT2D eigenvalue weighted by Gasteiger charge is -2.08. The number of pyridine rings is 1. The van der Waals surface area contributed by atoms with Gasteiger partial charge in [-0.15, -0.1) is 0 Å². The van der Waals surface area contributed by atoms with Crippen molar-refractivity contribution in [2.45, 2.75) is 6.18 Å². The van der Waals surface area contributed by atoms with Crippen LogP contribution in [0.4, 0.5) is 23.7 Å². The second-order valence-electron chi connectivity index (χ2n) is 6.66. The smallest absolute Gasteiger partial charge is 0.418 e. The van der Waals surface area contributed by atoms with Crippen LogP contribution < -0.4 is 14.8 Å². The topological polar surface area (TPSA) is 76.2 Å². The zero-order valence-electron chi connectivity index (χ0n) is 16.4. The van der Waals surface area contributed by atoms with Crippen molar-refractivity contribution < 1.29 is 27.4 Å². The van der Waals surface area contributed by atoms with Gasteiger partial charge >= 0.3 is 12.3 Å². The van der Waals surface area contributed by atoms with Crippen molar-refractivity contribution in [1.82, 2.24) is 9.97 Å². The Balaban J connectivity index is 1.36. The zero-order chi connectivity index (χ0) is 22.6. The number of anilines is 1. The monoisotopic (exact) mass is 439 g/mol. The van der Waals surface area contributed by atoms with Gasteiger partial charge in [0.05, 0.1) is 5.56 Å². The van der Waals surface area contributed by atoms with Crippen LogP contribution in [0.2, 0.25) is 0 Å². The van der Waals surface area contributed by atoms with E-state index >= 15 is 0 Å². The van der Waals surface area contributed by atoms with Crippen LogP contribution in [0.15, 0.2) is 85.3 Å². The number of ether oxygens (including phenoxy) is 2. The molecule has 0 spiro atoms. The highest BCUT2D eigenvalue weighted by atomic mass is 19.4. The summed E-state index contributed by atoms with van der Waals surface area (Å²) in [5.74, 6) is 1.29. The lowest BCUT2D eigenvalue weighted by molar-refractivity contribution is -0.137. The van der Waals surface area contributed by atoms with Crippen LogP contribution in [-0.2, 0) is 6.18 Å². The molecule has 0 fully saturated rings. The Morgan fingerprint density at radius 2 is 1.62 bits per heavy atom. The normalized spacial score (nSPS) is 11.1. The van der Waals surface area contributed by atoms with Crippen LogP contribution in [0.1, 0.15) is 5.56 Å². The lowest BCUT2D eigenvalue weighted by Crippen LogP contribution is -2.16. The van der Waals surface area contributed by atoms with Crippen molar-refractivity contribution >= 4 is 11.8 Å². The van der Waals surface area contributed by atoms with Crippen molar-refractivity contribution in [3.05, 3.63) is 90.9 Å². The fourth-order valence-electron chi connectivity index (χ4n) is 2.87. The highest BCUT2D eigenvalue weighted by molar-refractivity contribution is 5.86. The molecule has 0 radical (unpaired) electrons. The van der Waals surface area contributed by atoms with E-state index < -0.39 is 17.8 Å². The van der Waals surface area contributed by atoms with Crippen LogP contribution >= 0.6 is 0 Å². The Morgan fingerprint density at radius 3 is 2.34 bits per heavy atom. The predicted molar refractivity (Wildman–Crippen MR) is 112 cm³/mol. The second kappa shape index (κ2) is 8.84. The first kappa shape index (κ1) is 21.0. The molecule has 2 aromatic heterocycles. The molecule has 2 N–H and O–H groups in total. The molecular weight excluding hydrogens is 423 g/mol. The molecule has 162 valence electrons. The molecule has 2 heterocycles. The van der Waals surface area contributed by atoms with Crippen molar-refractivity contribution in [3.63, 3.8) is 0 Å². The third kappa shape index (κ3) is 5.25. The number of aromatic nitrogens is 2. The van der Waals surface area contributed by atoms with Crippen LogP contribution in [-0.4, -0.2) is 16.1 Å². The van der Waals surface area contributed by atoms with Gasteiger partial charge in [-0.3, -0.25) is 10.3 Å². The Kier molecular flexibility index (Phi) is 5.80. The summed E-state index contributed by atoms with van der Waals surface area (Å²) in [7, 11) is 0. The summed E-state index contributed by atoms with van der Waals surface area (Å²) in [4.78, 5) is 18.8. The first-order chi connectivity index (χ1) is 15.4. The van der Waals surface area contributed by atoms with E-state index in [4.69, 9.17) is 9.47 Å². The van der Waals surface area contributed by atoms with Crippen LogP contribution in [0, 0.1) is 0 Å². The average molecular weight is 439 g/mol. The molecule has 0 saturated carbocycles. The minimum atomic E-state index is -4.44. The molecule has 0 unspecified atom stereocenters. The van der Waals surface area contributed by atoms with Crippen molar-refractivity contribution in [3.8, 4) is 28.5 Å². The van der Waals surface area contributed by atoms with Gasteiger partial charge < -0.3 is 14.5 Å². The minimum absolute atomic E-state index is 0.0903. The Labute approximate surface area is 180 Å². The number of nitrogens with one attached hydrogen (secondary N) is 2. The van der Waals surface area contributed by atoms with E-state index in [-0.39, 0.29) is 5.88 Å². The number of halogens is 3. The number of aromatic amines is 1. The van der Waals surface area contributed by atoms with E-state index in [1.54, 1.807) is 48.8 Å². The number of carbonyl (C=O) groups excluding carboxylic acids is 1. The summed E-state index contributed by atoms with van der Waals surface area (Å²) in [6, 6.07) is 16.4. The van der Waals surface area contributed by atoms with Gasteiger partial charge in [0.25, 0.3) is 0 Å². The van der Waals surface area contributed by atoms with Gasteiger partial charge in [0.15, 0.2) is 0 Å². The molecule has 4 rings (SSSR count). The molecule has 0 atom stereocenters. The number of amides is 1. The molecule has 4 aromatic rings. The van der Waals surface area contributed by atoms with Gasteiger partial charge in [-0.25, -0.2) is 4.79 Å². The van der Waals surface area contributed by atoms with E-state index in [0.717, 1.165) is 12.1 Å². The summed E-state index contributed by atoms with van der Waals surface area (Å²) in [6.45, 7) is 0. The van der Waals surface area contributed by atoms with Crippen molar-refractivity contribution in [1.29, 1.82) is 0 Å². The van der Waals surface area contributed by atoms with E-state index in [1.807, 2.05) is 0 Å². The quantitative estimate of drug-likeness (QED) is 0.372. The summed E-state index contributed by atoms with van der Waals surface area (Å²) >= 11 is 0. The molecule has 6 nitrogen and oxygen atoms in total. The van der Waals surface area contributed by atoms with Gasteiger partial charge in [-0.1, -0.05) is 12.1 Å². The molecule has 0 aliphatic rings. The first-order valence-electron chi connectivity index (χ1n) is 9.40. The third-order valence-corrected chi connectivity index (χ3v) is 4.37. The van der Waals surface area contributed by atoms with Crippen molar-refractivity contribution in [2.75, 3.05) is 5.32 Å². The highest BCUT2D eigenvalue weighted by Gasteiger charge is 2.30. The fourth-order valence-corrected chi connectivity index (χ4v) is 2.87. The number of carbonyl (C=O) groups is 1.